The third kappa shape index (κ3) is 1.97. The fourth-order valence-corrected chi connectivity index (χ4v) is 3.36. The highest BCUT2D eigenvalue weighted by Crippen LogP contribution is 2.40. The first-order valence-electron chi connectivity index (χ1n) is 7.30. The summed E-state index contributed by atoms with van der Waals surface area (Å²) < 4.78 is 0. The SMILES string of the molecule is O=[N+]([O-])c1cccc(C2=NOC3CCc4ccccc4C23)c1. The number of rotatable bonds is 2. The first kappa shape index (κ1) is 13.0. The molecule has 0 fully saturated rings. The van der Waals surface area contributed by atoms with E-state index in [2.05, 4.69) is 17.3 Å². The summed E-state index contributed by atoms with van der Waals surface area (Å²) in [6.45, 7) is 0. The molecule has 0 radical (unpaired) electrons. The molecule has 0 aromatic heterocycles. The smallest absolute Gasteiger partial charge is 0.270 e. The molecule has 22 heavy (non-hydrogen) atoms. The van der Waals surface area contributed by atoms with Crippen LogP contribution in [-0.4, -0.2) is 16.7 Å². The lowest BCUT2D eigenvalue weighted by Crippen LogP contribution is -2.27. The zero-order chi connectivity index (χ0) is 15.1. The summed E-state index contributed by atoms with van der Waals surface area (Å²) in [6.07, 6.45) is 1.93. The molecule has 0 spiro atoms. The summed E-state index contributed by atoms with van der Waals surface area (Å²) in [6, 6.07) is 14.9. The fourth-order valence-electron chi connectivity index (χ4n) is 3.36. The molecule has 2 aromatic rings. The number of hydrogen-bond donors (Lipinski definition) is 0. The molecule has 0 amide bonds. The standard InChI is InChI=1S/C17H14N2O3/c20-19(21)13-6-3-5-12(10-13)17-16-14-7-2-1-4-11(14)8-9-15(16)22-18-17/h1-7,10,15-16H,8-9H2. The monoisotopic (exact) mass is 294 g/mol. The fraction of sp³-hybridized carbons (Fsp3) is 0.235. The zero-order valence-corrected chi connectivity index (χ0v) is 11.8. The molecule has 2 aliphatic rings. The highest BCUT2D eigenvalue weighted by molar-refractivity contribution is 6.06. The van der Waals surface area contributed by atoms with Gasteiger partial charge in [-0.05, 0) is 24.0 Å². The number of fused-ring (bicyclic) bond motifs is 3. The van der Waals surface area contributed by atoms with Crippen molar-refractivity contribution < 1.29 is 9.76 Å². The maximum Gasteiger partial charge on any atom is 0.270 e. The quantitative estimate of drug-likeness (QED) is 0.629. The highest BCUT2D eigenvalue weighted by Gasteiger charge is 2.40. The summed E-state index contributed by atoms with van der Waals surface area (Å²) in [4.78, 5) is 16.2. The molecule has 1 aliphatic carbocycles. The summed E-state index contributed by atoms with van der Waals surface area (Å²) in [7, 11) is 0. The number of non-ortho nitro benzene ring substituents is 1. The average Bonchev–Trinajstić information content (AvgIpc) is 2.99. The van der Waals surface area contributed by atoms with Crippen molar-refractivity contribution in [1.29, 1.82) is 0 Å². The van der Waals surface area contributed by atoms with Gasteiger partial charge in [-0.1, -0.05) is 41.6 Å². The number of nitro benzene ring substituents is 1. The third-order valence-corrected chi connectivity index (χ3v) is 4.39. The Hall–Kier alpha value is -2.69. The van der Waals surface area contributed by atoms with E-state index in [0.29, 0.717) is 0 Å². The van der Waals surface area contributed by atoms with Gasteiger partial charge in [0.05, 0.1) is 16.6 Å². The van der Waals surface area contributed by atoms with Gasteiger partial charge in [-0.15, -0.1) is 0 Å². The Morgan fingerprint density at radius 1 is 1.18 bits per heavy atom. The van der Waals surface area contributed by atoms with Crippen molar-refractivity contribution in [2.45, 2.75) is 24.9 Å². The van der Waals surface area contributed by atoms with Crippen LogP contribution in [-0.2, 0) is 11.3 Å². The van der Waals surface area contributed by atoms with Crippen molar-refractivity contribution in [2.24, 2.45) is 5.16 Å². The molecule has 0 saturated heterocycles. The van der Waals surface area contributed by atoms with Crippen LogP contribution in [0.3, 0.4) is 0 Å². The van der Waals surface area contributed by atoms with Crippen molar-refractivity contribution in [1.82, 2.24) is 0 Å². The van der Waals surface area contributed by atoms with Crippen molar-refractivity contribution in [3.8, 4) is 0 Å². The second kappa shape index (κ2) is 4.94. The average molecular weight is 294 g/mol. The van der Waals surface area contributed by atoms with E-state index in [1.54, 1.807) is 12.1 Å². The van der Waals surface area contributed by atoms with Gasteiger partial charge in [0.15, 0.2) is 0 Å². The van der Waals surface area contributed by atoms with E-state index >= 15 is 0 Å². The van der Waals surface area contributed by atoms with Crippen LogP contribution in [0.4, 0.5) is 5.69 Å². The zero-order valence-electron chi connectivity index (χ0n) is 11.8. The number of benzene rings is 2. The molecule has 4 rings (SSSR count). The van der Waals surface area contributed by atoms with Gasteiger partial charge in [0, 0.05) is 17.7 Å². The van der Waals surface area contributed by atoms with E-state index in [1.165, 1.54) is 17.2 Å². The molecule has 2 unspecified atom stereocenters. The lowest BCUT2D eigenvalue weighted by atomic mass is 9.77. The lowest BCUT2D eigenvalue weighted by Gasteiger charge is -2.26. The van der Waals surface area contributed by atoms with E-state index in [9.17, 15) is 10.1 Å². The van der Waals surface area contributed by atoms with Crippen molar-refractivity contribution in [3.05, 3.63) is 75.3 Å². The van der Waals surface area contributed by atoms with Crippen LogP contribution in [0.2, 0.25) is 0 Å². The largest absolute Gasteiger partial charge is 0.391 e. The van der Waals surface area contributed by atoms with E-state index in [-0.39, 0.29) is 22.6 Å². The summed E-state index contributed by atoms with van der Waals surface area (Å²) >= 11 is 0. The van der Waals surface area contributed by atoms with Gasteiger partial charge in [0.1, 0.15) is 6.10 Å². The molecule has 2 atom stereocenters. The number of oxime groups is 1. The van der Waals surface area contributed by atoms with E-state index < -0.39 is 0 Å². The van der Waals surface area contributed by atoms with E-state index in [0.717, 1.165) is 24.1 Å². The summed E-state index contributed by atoms with van der Waals surface area (Å²) in [5.41, 5.74) is 4.17. The van der Waals surface area contributed by atoms with Crippen LogP contribution < -0.4 is 0 Å². The first-order valence-corrected chi connectivity index (χ1v) is 7.30. The number of aryl methyl sites for hydroxylation is 1. The number of nitro groups is 1. The summed E-state index contributed by atoms with van der Waals surface area (Å²) in [5.74, 6) is 0.0620. The Morgan fingerprint density at radius 3 is 2.91 bits per heavy atom. The predicted molar refractivity (Wildman–Crippen MR) is 82.0 cm³/mol. The number of nitrogens with zero attached hydrogens (tertiary/aromatic N) is 2. The van der Waals surface area contributed by atoms with Gasteiger partial charge in [-0.25, -0.2) is 0 Å². The molecular weight excluding hydrogens is 280 g/mol. The molecule has 5 nitrogen and oxygen atoms in total. The Morgan fingerprint density at radius 2 is 2.05 bits per heavy atom. The first-order chi connectivity index (χ1) is 10.7. The molecule has 5 heteroatoms. The minimum atomic E-state index is -0.383. The molecule has 110 valence electrons. The van der Waals surface area contributed by atoms with Gasteiger partial charge in [0.25, 0.3) is 5.69 Å². The second-order valence-electron chi connectivity index (χ2n) is 5.64. The highest BCUT2D eigenvalue weighted by atomic mass is 16.6. The van der Waals surface area contributed by atoms with Crippen LogP contribution in [0.5, 0.6) is 0 Å². The molecule has 0 bridgehead atoms. The molecule has 1 aliphatic heterocycles. The van der Waals surface area contributed by atoms with Gasteiger partial charge >= 0.3 is 0 Å². The maximum atomic E-state index is 11.0. The topological polar surface area (TPSA) is 64.7 Å². The molecular formula is C17H14N2O3. The van der Waals surface area contributed by atoms with Gasteiger partial charge in [-0.3, -0.25) is 10.1 Å². The Balaban J connectivity index is 1.78. The molecule has 1 heterocycles. The van der Waals surface area contributed by atoms with E-state index in [4.69, 9.17) is 4.84 Å². The Labute approximate surface area is 127 Å². The van der Waals surface area contributed by atoms with Gasteiger partial charge < -0.3 is 4.84 Å². The van der Waals surface area contributed by atoms with Crippen LogP contribution in [0.1, 0.15) is 29.0 Å². The minimum absolute atomic E-state index is 0.0316. The van der Waals surface area contributed by atoms with Gasteiger partial charge in [-0.2, -0.15) is 0 Å². The number of hydrogen-bond acceptors (Lipinski definition) is 4. The Bertz CT molecular complexity index is 785. The van der Waals surface area contributed by atoms with Crippen molar-refractivity contribution in [2.75, 3.05) is 0 Å². The minimum Gasteiger partial charge on any atom is -0.391 e. The van der Waals surface area contributed by atoms with Crippen LogP contribution in [0.25, 0.3) is 0 Å². The predicted octanol–water partition coefficient (Wildman–Crippen LogP) is 3.43. The summed E-state index contributed by atoms with van der Waals surface area (Å²) in [5, 5.41) is 15.2. The van der Waals surface area contributed by atoms with Crippen LogP contribution in [0.15, 0.2) is 53.7 Å². The normalized spacial score (nSPS) is 22.3. The molecule has 2 aromatic carbocycles. The van der Waals surface area contributed by atoms with Gasteiger partial charge in [0.2, 0.25) is 0 Å². The third-order valence-electron chi connectivity index (χ3n) is 4.39. The lowest BCUT2D eigenvalue weighted by molar-refractivity contribution is -0.384. The van der Waals surface area contributed by atoms with Crippen molar-refractivity contribution >= 4 is 11.4 Å². The second-order valence-corrected chi connectivity index (χ2v) is 5.64. The molecule has 0 saturated carbocycles. The maximum absolute atomic E-state index is 11.0. The van der Waals surface area contributed by atoms with Crippen molar-refractivity contribution in [3.63, 3.8) is 0 Å². The van der Waals surface area contributed by atoms with Crippen LogP contribution >= 0.6 is 0 Å². The van der Waals surface area contributed by atoms with E-state index in [1.807, 2.05) is 18.2 Å². The molecule has 0 N–H and O–H groups in total. The van der Waals surface area contributed by atoms with Crippen LogP contribution in [0, 0.1) is 10.1 Å². The Kier molecular flexibility index (Phi) is 2.92.